The first-order chi connectivity index (χ1) is 7.65. The van der Waals surface area contributed by atoms with Gasteiger partial charge in [-0.15, -0.1) is 0 Å². The van der Waals surface area contributed by atoms with Crippen LogP contribution in [0.15, 0.2) is 18.2 Å². The van der Waals surface area contributed by atoms with E-state index >= 15 is 0 Å². The molecular weight excluding hydrogens is 200 g/mol. The lowest BCUT2D eigenvalue weighted by Crippen LogP contribution is -2.32. The van der Waals surface area contributed by atoms with Gasteiger partial charge in [-0.2, -0.15) is 0 Å². The van der Waals surface area contributed by atoms with E-state index in [1.165, 1.54) is 0 Å². The van der Waals surface area contributed by atoms with Gasteiger partial charge in [-0.25, -0.2) is 0 Å². The first-order valence-electron chi connectivity index (χ1n) is 5.89. The van der Waals surface area contributed by atoms with Crippen molar-refractivity contribution in [3.8, 4) is 0 Å². The van der Waals surface area contributed by atoms with E-state index in [1.807, 2.05) is 13.0 Å². The van der Waals surface area contributed by atoms with Gasteiger partial charge in [-0.3, -0.25) is 0 Å². The summed E-state index contributed by atoms with van der Waals surface area (Å²) in [5.74, 6) is 0. The smallest absolute Gasteiger partial charge is 0.0566 e. The molecule has 16 heavy (non-hydrogen) atoms. The average molecular weight is 220 g/mol. The average Bonchev–Trinajstić information content (AvgIpc) is 2.24. The number of rotatable bonds is 2. The summed E-state index contributed by atoms with van der Waals surface area (Å²) in [6.07, 6.45) is 2.49. The molecule has 1 heterocycles. The molecular formula is C13H20N2O. The van der Waals surface area contributed by atoms with E-state index in [0.29, 0.717) is 12.1 Å². The lowest BCUT2D eigenvalue weighted by molar-refractivity contribution is 0.0232. The van der Waals surface area contributed by atoms with Crippen molar-refractivity contribution >= 4 is 11.4 Å². The Morgan fingerprint density at radius 2 is 2.25 bits per heavy atom. The molecule has 2 unspecified atom stereocenters. The van der Waals surface area contributed by atoms with E-state index in [4.69, 9.17) is 10.5 Å². The summed E-state index contributed by atoms with van der Waals surface area (Å²) in [5.41, 5.74) is 8.98. The Kier molecular flexibility index (Phi) is 3.34. The first kappa shape index (κ1) is 11.3. The van der Waals surface area contributed by atoms with Gasteiger partial charge in [0.2, 0.25) is 0 Å². The van der Waals surface area contributed by atoms with Gasteiger partial charge in [0.25, 0.3) is 0 Å². The fraction of sp³-hybridized carbons (Fsp3) is 0.538. The molecule has 3 heteroatoms. The van der Waals surface area contributed by atoms with Crippen molar-refractivity contribution in [2.24, 2.45) is 0 Å². The summed E-state index contributed by atoms with van der Waals surface area (Å²) in [4.78, 5) is 0. The van der Waals surface area contributed by atoms with E-state index in [2.05, 4.69) is 24.4 Å². The summed E-state index contributed by atoms with van der Waals surface area (Å²) in [5, 5.41) is 3.52. The van der Waals surface area contributed by atoms with Crippen LogP contribution in [0.4, 0.5) is 11.4 Å². The minimum Gasteiger partial charge on any atom is -0.398 e. The number of nitrogens with two attached hydrogens (primary N) is 1. The SMILES string of the molecule is Cc1ccc(NC2CCOC(C)C2)cc1N. The van der Waals surface area contributed by atoms with E-state index in [0.717, 1.165) is 36.4 Å². The molecule has 3 N–H and O–H groups in total. The van der Waals surface area contributed by atoms with Gasteiger partial charge in [-0.1, -0.05) is 6.07 Å². The Bertz CT molecular complexity index is 365. The zero-order chi connectivity index (χ0) is 11.5. The van der Waals surface area contributed by atoms with Crippen LogP contribution in [0, 0.1) is 6.92 Å². The van der Waals surface area contributed by atoms with Crippen molar-refractivity contribution in [1.82, 2.24) is 0 Å². The highest BCUT2D eigenvalue weighted by Gasteiger charge is 2.18. The molecule has 3 nitrogen and oxygen atoms in total. The van der Waals surface area contributed by atoms with E-state index in [1.54, 1.807) is 0 Å². The maximum atomic E-state index is 5.89. The predicted octanol–water partition coefficient (Wildman–Crippen LogP) is 2.56. The largest absolute Gasteiger partial charge is 0.398 e. The summed E-state index contributed by atoms with van der Waals surface area (Å²) in [7, 11) is 0. The van der Waals surface area contributed by atoms with Crippen LogP contribution in [0.25, 0.3) is 0 Å². The number of anilines is 2. The van der Waals surface area contributed by atoms with Crippen LogP contribution in [0.5, 0.6) is 0 Å². The number of benzene rings is 1. The quantitative estimate of drug-likeness (QED) is 0.753. The Morgan fingerprint density at radius 1 is 1.44 bits per heavy atom. The third kappa shape index (κ3) is 2.67. The molecule has 1 aliphatic rings. The molecule has 2 atom stereocenters. The van der Waals surface area contributed by atoms with E-state index in [-0.39, 0.29) is 0 Å². The van der Waals surface area contributed by atoms with E-state index in [9.17, 15) is 0 Å². The fourth-order valence-corrected chi connectivity index (χ4v) is 2.10. The van der Waals surface area contributed by atoms with Crippen molar-refractivity contribution in [1.29, 1.82) is 0 Å². The maximum Gasteiger partial charge on any atom is 0.0566 e. The highest BCUT2D eigenvalue weighted by molar-refractivity contribution is 5.58. The first-order valence-corrected chi connectivity index (χ1v) is 5.89. The number of hydrogen-bond acceptors (Lipinski definition) is 3. The summed E-state index contributed by atoms with van der Waals surface area (Å²) >= 11 is 0. The number of nitrogens with one attached hydrogen (secondary N) is 1. The number of nitrogen functional groups attached to an aromatic ring is 1. The minimum atomic E-state index is 0.356. The highest BCUT2D eigenvalue weighted by Crippen LogP contribution is 2.21. The molecule has 1 aromatic carbocycles. The van der Waals surface area contributed by atoms with Gasteiger partial charge in [0.1, 0.15) is 0 Å². The predicted molar refractivity (Wildman–Crippen MR) is 67.7 cm³/mol. The molecule has 0 amide bonds. The second kappa shape index (κ2) is 4.74. The standard InChI is InChI=1S/C13H20N2O/c1-9-3-4-11(8-13(9)14)15-12-5-6-16-10(2)7-12/h3-4,8,10,12,15H,5-7,14H2,1-2H3. The summed E-state index contributed by atoms with van der Waals surface area (Å²) in [6.45, 7) is 4.99. The molecule has 1 fully saturated rings. The molecule has 0 saturated carbocycles. The van der Waals surface area contributed by atoms with Gasteiger partial charge in [0.05, 0.1) is 6.10 Å². The summed E-state index contributed by atoms with van der Waals surface area (Å²) in [6, 6.07) is 6.66. The lowest BCUT2D eigenvalue weighted by Gasteiger charge is -2.28. The third-order valence-electron chi connectivity index (χ3n) is 3.14. The minimum absolute atomic E-state index is 0.356. The Hall–Kier alpha value is -1.22. The Morgan fingerprint density at radius 3 is 2.94 bits per heavy atom. The molecule has 0 aromatic heterocycles. The summed E-state index contributed by atoms with van der Waals surface area (Å²) < 4.78 is 5.52. The molecule has 0 spiro atoms. The highest BCUT2D eigenvalue weighted by atomic mass is 16.5. The molecule has 0 aliphatic carbocycles. The van der Waals surface area contributed by atoms with Crippen LogP contribution in [0.1, 0.15) is 25.3 Å². The van der Waals surface area contributed by atoms with Crippen molar-refractivity contribution in [3.05, 3.63) is 23.8 Å². The number of hydrogen-bond donors (Lipinski definition) is 2. The van der Waals surface area contributed by atoms with Gasteiger partial charge in [0.15, 0.2) is 0 Å². The van der Waals surface area contributed by atoms with E-state index < -0.39 is 0 Å². The molecule has 1 saturated heterocycles. The van der Waals surface area contributed by atoms with Gasteiger partial charge < -0.3 is 15.8 Å². The van der Waals surface area contributed by atoms with Crippen molar-refractivity contribution < 1.29 is 4.74 Å². The number of ether oxygens (including phenoxy) is 1. The topological polar surface area (TPSA) is 47.3 Å². The third-order valence-corrected chi connectivity index (χ3v) is 3.14. The van der Waals surface area contributed by atoms with Crippen molar-refractivity contribution in [2.75, 3.05) is 17.7 Å². The molecule has 2 rings (SSSR count). The maximum absolute atomic E-state index is 5.89. The van der Waals surface area contributed by atoms with Crippen LogP contribution in [0.2, 0.25) is 0 Å². The van der Waals surface area contributed by atoms with Crippen molar-refractivity contribution in [3.63, 3.8) is 0 Å². The van der Waals surface area contributed by atoms with Crippen LogP contribution in [-0.4, -0.2) is 18.8 Å². The monoisotopic (exact) mass is 220 g/mol. The molecule has 1 aromatic rings. The van der Waals surface area contributed by atoms with Crippen molar-refractivity contribution in [2.45, 2.75) is 38.8 Å². The molecule has 0 bridgehead atoms. The van der Waals surface area contributed by atoms with Crippen LogP contribution >= 0.6 is 0 Å². The molecule has 0 radical (unpaired) electrons. The van der Waals surface area contributed by atoms with Crippen LogP contribution in [0.3, 0.4) is 0 Å². The number of aryl methyl sites for hydroxylation is 1. The zero-order valence-electron chi connectivity index (χ0n) is 9.99. The second-order valence-corrected chi connectivity index (χ2v) is 4.62. The normalized spacial score (nSPS) is 25.4. The molecule has 88 valence electrons. The van der Waals surface area contributed by atoms with Gasteiger partial charge >= 0.3 is 0 Å². The zero-order valence-corrected chi connectivity index (χ0v) is 9.99. The second-order valence-electron chi connectivity index (χ2n) is 4.62. The Balaban J connectivity index is 2.00. The van der Waals surface area contributed by atoms with Gasteiger partial charge in [-0.05, 0) is 44.4 Å². The van der Waals surface area contributed by atoms with Crippen LogP contribution < -0.4 is 11.1 Å². The lowest BCUT2D eigenvalue weighted by atomic mass is 10.0. The van der Waals surface area contributed by atoms with Gasteiger partial charge in [0, 0.05) is 24.0 Å². The molecule has 1 aliphatic heterocycles. The van der Waals surface area contributed by atoms with Crippen LogP contribution in [-0.2, 0) is 4.74 Å². The Labute approximate surface area is 97.0 Å². The fourth-order valence-electron chi connectivity index (χ4n) is 2.10.